The standard InChI is InChI=1S/C18H26N2O2/c1-14-3-5-15(6-4-14)11-20-13-18(2,22-12-17(20)21)16-7-9-19-10-8-16/h3-6,16,19H,7-13H2,1-2H3. The van der Waals surface area contributed by atoms with Crippen LogP contribution in [0.15, 0.2) is 24.3 Å². The number of carbonyl (C=O) groups is 1. The molecule has 0 aliphatic carbocycles. The van der Waals surface area contributed by atoms with Crippen molar-refractivity contribution in [1.29, 1.82) is 0 Å². The zero-order valence-electron chi connectivity index (χ0n) is 13.6. The monoisotopic (exact) mass is 302 g/mol. The van der Waals surface area contributed by atoms with Crippen molar-refractivity contribution in [1.82, 2.24) is 10.2 Å². The normalized spacial score (nSPS) is 27.2. The Morgan fingerprint density at radius 3 is 2.64 bits per heavy atom. The van der Waals surface area contributed by atoms with Gasteiger partial charge < -0.3 is 15.0 Å². The number of nitrogens with one attached hydrogen (secondary N) is 1. The summed E-state index contributed by atoms with van der Waals surface area (Å²) in [4.78, 5) is 14.2. The van der Waals surface area contributed by atoms with E-state index in [1.807, 2.05) is 4.90 Å². The van der Waals surface area contributed by atoms with Crippen LogP contribution in [0.4, 0.5) is 0 Å². The molecule has 0 radical (unpaired) electrons. The first kappa shape index (κ1) is 15.5. The maximum atomic E-state index is 12.2. The predicted molar refractivity (Wildman–Crippen MR) is 86.5 cm³/mol. The van der Waals surface area contributed by atoms with Crippen molar-refractivity contribution in [2.45, 2.75) is 38.8 Å². The highest BCUT2D eigenvalue weighted by atomic mass is 16.5. The molecule has 4 nitrogen and oxygen atoms in total. The van der Waals surface area contributed by atoms with Gasteiger partial charge in [0, 0.05) is 6.54 Å². The number of nitrogens with zero attached hydrogens (tertiary/aromatic N) is 1. The van der Waals surface area contributed by atoms with Crippen molar-refractivity contribution in [2.75, 3.05) is 26.2 Å². The van der Waals surface area contributed by atoms with Gasteiger partial charge in [0.15, 0.2) is 0 Å². The highest BCUT2D eigenvalue weighted by Gasteiger charge is 2.42. The molecule has 2 saturated heterocycles. The van der Waals surface area contributed by atoms with Gasteiger partial charge in [0.1, 0.15) is 6.61 Å². The first-order chi connectivity index (χ1) is 10.6. The van der Waals surface area contributed by atoms with Crippen LogP contribution in [-0.4, -0.2) is 42.6 Å². The summed E-state index contributed by atoms with van der Waals surface area (Å²) in [7, 11) is 0. The van der Waals surface area contributed by atoms with Crippen molar-refractivity contribution >= 4 is 5.91 Å². The molecular weight excluding hydrogens is 276 g/mol. The molecule has 1 aromatic carbocycles. The molecule has 22 heavy (non-hydrogen) atoms. The van der Waals surface area contributed by atoms with E-state index in [4.69, 9.17) is 4.74 Å². The van der Waals surface area contributed by atoms with E-state index in [9.17, 15) is 4.79 Å². The van der Waals surface area contributed by atoms with Crippen LogP contribution < -0.4 is 5.32 Å². The lowest BCUT2D eigenvalue weighted by molar-refractivity contribution is -0.172. The number of hydrogen-bond donors (Lipinski definition) is 1. The van der Waals surface area contributed by atoms with Gasteiger partial charge >= 0.3 is 0 Å². The molecule has 0 saturated carbocycles. The summed E-state index contributed by atoms with van der Waals surface area (Å²) in [6.45, 7) is 7.96. The van der Waals surface area contributed by atoms with Gasteiger partial charge in [-0.1, -0.05) is 29.8 Å². The van der Waals surface area contributed by atoms with Crippen molar-refractivity contribution < 1.29 is 9.53 Å². The summed E-state index contributed by atoms with van der Waals surface area (Å²) in [5.41, 5.74) is 2.23. The van der Waals surface area contributed by atoms with Crippen LogP contribution in [0.25, 0.3) is 0 Å². The van der Waals surface area contributed by atoms with Crippen LogP contribution in [0.5, 0.6) is 0 Å². The van der Waals surface area contributed by atoms with Crippen molar-refractivity contribution in [2.24, 2.45) is 5.92 Å². The summed E-state index contributed by atoms with van der Waals surface area (Å²) in [6, 6.07) is 8.43. The van der Waals surface area contributed by atoms with E-state index in [-0.39, 0.29) is 18.1 Å². The predicted octanol–water partition coefficient (Wildman–Crippen LogP) is 2.11. The number of piperidine rings is 1. The fraction of sp³-hybridized carbons (Fsp3) is 0.611. The van der Waals surface area contributed by atoms with E-state index in [0.29, 0.717) is 19.0 Å². The van der Waals surface area contributed by atoms with Crippen LogP contribution in [0, 0.1) is 12.8 Å². The lowest BCUT2D eigenvalue weighted by atomic mass is 9.81. The number of amides is 1. The van der Waals surface area contributed by atoms with Crippen molar-refractivity contribution in [3.8, 4) is 0 Å². The average molecular weight is 302 g/mol. The maximum absolute atomic E-state index is 12.2. The Morgan fingerprint density at radius 2 is 1.95 bits per heavy atom. The molecule has 2 heterocycles. The number of carbonyl (C=O) groups excluding carboxylic acids is 1. The SMILES string of the molecule is Cc1ccc(CN2CC(C)(C3CCNCC3)OCC2=O)cc1. The number of morpholine rings is 1. The highest BCUT2D eigenvalue weighted by Crippen LogP contribution is 2.33. The fourth-order valence-corrected chi connectivity index (χ4v) is 3.57. The van der Waals surface area contributed by atoms with Gasteiger partial charge in [-0.25, -0.2) is 0 Å². The molecule has 1 atom stereocenters. The quantitative estimate of drug-likeness (QED) is 0.930. The molecule has 1 unspecified atom stereocenters. The minimum atomic E-state index is -0.208. The summed E-state index contributed by atoms with van der Waals surface area (Å²) >= 11 is 0. The largest absolute Gasteiger partial charge is 0.363 e. The van der Waals surface area contributed by atoms with Crippen LogP contribution in [0.2, 0.25) is 0 Å². The summed E-state index contributed by atoms with van der Waals surface area (Å²) in [5, 5.41) is 3.40. The molecule has 2 aliphatic rings. The molecule has 2 aliphatic heterocycles. The second kappa shape index (κ2) is 6.39. The molecule has 4 heteroatoms. The van der Waals surface area contributed by atoms with E-state index >= 15 is 0 Å². The van der Waals surface area contributed by atoms with Gasteiger partial charge in [-0.2, -0.15) is 0 Å². The second-order valence-corrected chi connectivity index (χ2v) is 6.86. The molecule has 3 rings (SSSR count). The Bertz CT molecular complexity index is 522. The van der Waals surface area contributed by atoms with Crippen LogP contribution in [-0.2, 0) is 16.1 Å². The van der Waals surface area contributed by atoms with Crippen LogP contribution in [0.1, 0.15) is 30.9 Å². The molecule has 2 fully saturated rings. The number of hydrogen-bond acceptors (Lipinski definition) is 3. The fourth-order valence-electron chi connectivity index (χ4n) is 3.57. The van der Waals surface area contributed by atoms with E-state index in [2.05, 4.69) is 43.4 Å². The number of ether oxygens (including phenoxy) is 1. The maximum Gasteiger partial charge on any atom is 0.248 e. The minimum Gasteiger partial charge on any atom is -0.363 e. The summed E-state index contributed by atoms with van der Waals surface area (Å²) in [6.07, 6.45) is 2.26. The van der Waals surface area contributed by atoms with Gasteiger partial charge in [-0.15, -0.1) is 0 Å². The Kier molecular flexibility index (Phi) is 4.50. The highest BCUT2D eigenvalue weighted by molar-refractivity contribution is 5.78. The summed E-state index contributed by atoms with van der Waals surface area (Å²) < 4.78 is 5.99. The molecule has 0 bridgehead atoms. The Hall–Kier alpha value is -1.39. The number of aryl methyl sites for hydroxylation is 1. The Morgan fingerprint density at radius 1 is 1.27 bits per heavy atom. The van der Waals surface area contributed by atoms with Gasteiger partial charge in [-0.05, 0) is 51.3 Å². The topological polar surface area (TPSA) is 41.6 Å². The number of benzene rings is 1. The molecule has 120 valence electrons. The zero-order valence-corrected chi connectivity index (χ0v) is 13.6. The smallest absolute Gasteiger partial charge is 0.248 e. The minimum absolute atomic E-state index is 0.104. The third-order valence-electron chi connectivity index (χ3n) is 5.08. The second-order valence-electron chi connectivity index (χ2n) is 6.86. The van der Waals surface area contributed by atoms with Gasteiger partial charge in [-0.3, -0.25) is 4.79 Å². The first-order valence-corrected chi connectivity index (χ1v) is 8.25. The molecular formula is C18H26N2O2. The van der Waals surface area contributed by atoms with E-state index < -0.39 is 0 Å². The first-order valence-electron chi connectivity index (χ1n) is 8.25. The lowest BCUT2D eigenvalue weighted by Gasteiger charge is -2.46. The van der Waals surface area contributed by atoms with E-state index in [0.717, 1.165) is 25.9 Å². The molecule has 0 aromatic heterocycles. The van der Waals surface area contributed by atoms with E-state index in [1.54, 1.807) is 0 Å². The number of rotatable bonds is 3. The zero-order chi connectivity index (χ0) is 15.6. The third-order valence-corrected chi connectivity index (χ3v) is 5.08. The van der Waals surface area contributed by atoms with Gasteiger partial charge in [0.05, 0.1) is 12.1 Å². The van der Waals surface area contributed by atoms with Crippen LogP contribution >= 0.6 is 0 Å². The van der Waals surface area contributed by atoms with Gasteiger partial charge in [0.25, 0.3) is 0 Å². The van der Waals surface area contributed by atoms with Gasteiger partial charge in [0.2, 0.25) is 5.91 Å². The molecule has 1 N–H and O–H groups in total. The molecule has 1 aromatic rings. The van der Waals surface area contributed by atoms with Crippen molar-refractivity contribution in [3.63, 3.8) is 0 Å². The lowest BCUT2D eigenvalue weighted by Crippen LogP contribution is -2.57. The third kappa shape index (κ3) is 3.33. The molecule has 1 amide bonds. The van der Waals surface area contributed by atoms with E-state index in [1.165, 1.54) is 11.1 Å². The Balaban J connectivity index is 1.70. The van der Waals surface area contributed by atoms with Crippen molar-refractivity contribution in [3.05, 3.63) is 35.4 Å². The molecule has 0 spiro atoms. The average Bonchev–Trinajstić information content (AvgIpc) is 2.54. The Labute approximate surface area is 132 Å². The summed E-state index contributed by atoms with van der Waals surface area (Å²) in [5.74, 6) is 0.634. The van der Waals surface area contributed by atoms with Crippen LogP contribution in [0.3, 0.4) is 0 Å².